The van der Waals surface area contributed by atoms with E-state index in [9.17, 15) is 17.5 Å². The maximum atomic E-state index is 12.8. The third-order valence-corrected chi connectivity index (χ3v) is 1.85. The Kier molecular flexibility index (Phi) is 6.42. The molecule has 1 aromatic carbocycles. The van der Waals surface area contributed by atoms with Crippen molar-refractivity contribution in [3.05, 3.63) is 29.3 Å². The molecule has 20 heavy (non-hydrogen) atoms. The van der Waals surface area contributed by atoms with E-state index in [0.29, 0.717) is 0 Å². The van der Waals surface area contributed by atoms with E-state index in [1.807, 2.05) is 0 Å². The summed E-state index contributed by atoms with van der Waals surface area (Å²) in [6, 6.07) is 0.468. The largest absolute Gasteiger partial charge is 0.503 e. The Hall–Kier alpha value is -1.85. The second-order valence-corrected chi connectivity index (χ2v) is 4.29. The van der Waals surface area contributed by atoms with Gasteiger partial charge in [-0.3, -0.25) is 9.35 Å². The minimum absolute atomic E-state index is 0.0812. The van der Waals surface area contributed by atoms with Crippen molar-refractivity contribution in [1.82, 2.24) is 0 Å². The highest BCUT2D eigenvalue weighted by atomic mass is 32.3. The molecule has 0 saturated heterocycles. The zero-order valence-corrected chi connectivity index (χ0v) is 10.4. The van der Waals surface area contributed by atoms with Crippen LogP contribution in [-0.4, -0.2) is 35.2 Å². The number of hydrogen-bond donors (Lipinski definition) is 4. The van der Waals surface area contributed by atoms with E-state index in [2.05, 4.69) is 0 Å². The van der Waals surface area contributed by atoms with Crippen molar-refractivity contribution in [3.8, 4) is 5.75 Å². The molecule has 1 aromatic rings. The van der Waals surface area contributed by atoms with Crippen LogP contribution in [0.3, 0.4) is 0 Å². The molecular formula is C9H10F3NO6S. The van der Waals surface area contributed by atoms with Gasteiger partial charge in [-0.1, -0.05) is 3.89 Å². The molecule has 0 aliphatic rings. The van der Waals surface area contributed by atoms with Crippen LogP contribution < -0.4 is 5.73 Å². The lowest BCUT2D eigenvalue weighted by molar-refractivity contribution is -0.138. The zero-order valence-electron chi connectivity index (χ0n) is 9.63. The normalized spacial score (nSPS) is 12.2. The van der Waals surface area contributed by atoms with Gasteiger partial charge in [0.1, 0.15) is 6.04 Å². The molecule has 5 N–H and O–H groups in total. The topological polar surface area (TPSA) is 138 Å². The Morgan fingerprint density at radius 3 is 1.95 bits per heavy atom. The van der Waals surface area contributed by atoms with Gasteiger partial charge in [0.15, 0.2) is 17.4 Å². The molecule has 0 aromatic heterocycles. The molecule has 0 aliphatic heterocycles. The summed E-state index contributed by atoms with van der Waals surface area (Å²) >= 11 is 0. The number of hydrogen-bond acceptors (Lipinski definition) is 5. The van der Waals surface area contributed by atoms with Crippen LogP contribution in [0, 0.1) is 11.6 Å². The van der Waals surface area contributed by atoms with Gasteiger partial charge in [-0.15, -0.1) is 0 Å². The third kappa shape index (κ3) is 7.56. The Bertz CT molecular complexity index is 560. The maximum Gasteiger partial charge on any atom is 0.435 e. The third-order valence-electron chi connectivity index (χ3n) is 1.85. The summed E-state index contributed by atoms with van der Waals surface area (Å²) in [4.78, 5) is 10.4. The molecule has 7 nitrogen and oxygen atoms in total. The van der Waals surface area contributed by atoms with Crippen molar-refractivity contribution < 1.29 is 40.6 Å². The van der Waals surface area contributed by atoms with Crippen molar-refractivity contribution in [2.75, 3.05) is 0 Å². The number of halogens is 3. The van der Waals surface area contributed by atoms with Gasteiger partial charge in [0.05, 0.1) is 0 Å². The standard InChI is InChI=1S/C9H9F2NO3.FHO3S/c10-5-1-4(2-6(11)8(5)13)3-7(12)9(14)15;1-5(2,3)4/h1-2,7,13H,3,12H2,(H,14,15);(H,2,3,4). The Balaban J connectivity index is 0.000000621. The number of carbonyl (C=O) groups is 1. The van der Waals surface area contributed by atoms with Crippen molar-refractivity contribution in [2.45, 2.75) is 12.5 Å². The molecule has 0 saturated carbocycles. The van der Waals surface area contributed by atoms with E-state index in [4.69, 9.17) is 28.9 Å². The van der Waals surface area contributed by atoms with Crippen LogP contribution in [0.25, 0.3) is 0 Å². The molecule has 0 spiro atoms. The van der Waals surface area contributed by atoms with Crippen LogP contribution in [0.15, 0.2) is 12.1 Å². The molecule has 0 amide bonds. The van der Waals surface area contributed by atoms with Crippen molar-refractivity contribution >= 4 is 16.5 Å². The molecule has 0 heterocycles. The second-order valence-electron chi connectivity index (χ2n) is 3.47. The van der Waals surface area contributed by atoms with Crippen molar-refractivity contribution in [1.29, 1.82) is 0 Å². The van der Waals surface area contributed by atoms with Crippen LogP contribution in [0.2, 0.25) is 0 Å². The van der Waals surface area contributed by atoms with Crippen LogP contribution in [0.5, 0.6) is 5.75 Å². The molecule has 1 unspecified atom stereocenters. The minimum atomic E-state index is -5.17. The molecule has 11 heteroatoms. The second kappa shape index (κ2) is 7.07. The van der Waals surface area contributed by atoms with Gasteiger partial charge in [-0.25, -0.2) is 8.78 Å². The van der Waals surface area contributed by atoms with Gasteiger partial charge < -0.3 is 15.9 Å². The summed E-state index contributed by atoms with van der Waals surface area (Å²) < 4.78 is 59.7. The van der Waals surface area contributed by atoms with Gasteiger partial charge in [-0.2, -0.15) is 8.42 Å². The smallest absolute Gasteiger partial charge is 0.435 e. The predicted molar refractivity (Wildman–Crippen MR) is 60.0 cm³/mol. The average molecular weight is 317 g/mol. The fraction of sp³-hybridized carbons (Fsp3) is 0.222. The summed E-state index contributed by atoms with van der Waals surface area (Å²) in [5.41, 5.74) is 5.26. The number of nitrogens with two attached hydrogens (primary N) is 1. The summed E-state index contributed by atoms with van der Waals surface area (Å²) in [5.74, 6) is -4.61. The van der Waals surface area contributed by atoms with E-state index in [-0.39, 0.29) is 12.0 Å². The monoisotopic (exact) mass is 317 g/mol. The first kappa shape index (κ1) is 18.1. The van der Waals surface area contributed by atoms with Gasteiger partial charge >= 0.3 is 16.5 Å². The fourth-order valence-electron chi connectivity index (χ4n) is 1.08. The van der Waals surface area contributed by atoms with Gasteiger partial charge in [-0.05, 0) is 24.1 Å². The number of carboxylic acid groups (broad SMARTS) is 1. The molecule has 0 radical (unpaired) electrons. The highest BCUT2D eigenvalue weighted by Crippen LogP contribution is 2.21. The number of aromatic hydroxyl groups is 1. The van der Waals surface area contributed by atoms with E-state index in [1.54, 1.807) is 0 Å². The molecule has 0 fully saturated rings. The SMILES string of the molecule is NC(Cc1cc(F)c(O)c(F)c1)C(=O)O.O=S(=O)(O)F. The minimum Gasteiger partial charge on any atom is -0.503 e. The molecule has 0 aliphatic carbocycles. The fourth-order valence-corrected chi connectivity index (χ4v) is 1.08. The molecule has 114 valence electrons. The first-order valence-corrected chi connectivity index (χ1v) is 6.08. The highest BCUT2D eigenvalue weighted by molar-refractivity contribution is 7.80. The van der Waals surface area contributed by atoms with Gasteiger partial charge in [0.2, 0.25) is 0 Å². The summed E-state index contributed by atoms with van der Waals surface area (Å²) in [7, 11) is -5.17. The van der Waals surface area contributed by atoms with Crippen LogP contribution in [0.4, 0.5) is 12.7 Å². The lowest BCUT2D eigenvalue weighted by atomic mass is 10.1. The van der Waals surface area contributed by atoms with Crippen LogP contribution in [-0.2, 0) is 21.7 Å². The van der Waals surface area contributed by atoms with Gasteiger partial charge in [0, 0.05) is 0 Å². The Morgan fingerprint density at radius 2 is 1.65 bits per heavy atom. The van der Waals surface area contributed by atoms with Crippen LogP contribution in [0.1, 0.15) is 5.56 Å². The first-order valence-electron chi connectivity index (χ1n) is 4.74. The van der Waals surface area contributed by atoms with E-state index >= 15 is 0 Å². The van der Waals surface area contributed by atoms with Gasteiger partial charge in [0.25, 0.3) is 0 Å². The van der Waals surface area contributed by atoms with Crippen molar-refractivity contribution in [3.63, 3.8) is 0 Å². The Labute approximate surface area is 111 Å². The number of rotatable bonds is 3. The average Bonchev–Trinajstić information content (AvgIpc) is 2.23. The lowest BCUT2D eigenvalue weighted by Crippen LogP contribution is -2.32. The maximum absolute atomic E-state index is 12.8. The highest BCUT2D eigenvalue weighted by Gasteiger charge is 2.15. The van der Waals surface area contributed by atoms with E-state index in [0.717, 1.165) is 12.1 Å². The van der Waals surface area contributed by atoms with E-state index in [1.165, 1.54) is 0 Å². The number of benzene rings is 1. The predicted octanol–water partition coefficient (Wildman–Crippen LogP) is 0.384. The number of phenols is 1. The van der Waals surface area contributed by atoms with Crippen LogP contribution >= 0.6 is 0 Å². The van der Waals surface area contributed by atoms with Crippen molar-refractivity contribution in [2.24, 2.45) is 5.73 Å². The Morgan fingerprint density at radius 1 is 1.30 bits per heavy atom. The summed E-state index contributed by atoms with van der Waals surface area (Å²) in [6.07, 6.45) is -0.205. The first-order chi connectivity index (χ1) is 8.91. The number of aliphatic carboxylic acids is 1. The molecular weight excluding hydrogens is 307 g/mol. The summed E-state index contributed by atoms with van der Waals surface area (Å²) in [6.45, 7) is 0. The van der Waals surface area contributed by atoms with E-state index < -0.39 is 39.9 Å². The number of phenolic OH excluding ortho intramolecular Hbond substituents is 1. The quantitative estimate of drug-likeness (QED) is 0.467. The summed E-state index contributed by atoms with van der Waals surface area (Å²) in [5, 5.41) is 17.3. The molecule has 1 rings (SSSR count). The zero-order chi connectivity index (χ0) is 16.1. The lowest BCUT2D eigenvalue weighted by Gasteiger charge is -2.07. The molecule has 0 bridgehead atoms. The number of carboxylic acids is 1. The molecule has 1 atom stereocenters.